The van der Waals surface area contributed by atoms with Crippen molar-refractivity contribution in [1.82, 2.24) is 9.88 Å². The van der Waals surface area contributed by atoms with Gasteiger partial charge in [0.05, 0.1) is 6.61 Å². The normalized spacial score (nSPS) is 21.4. The van der Waals surface area contributed by atoms with Gasteiger partial charge in [-0.15, -0.1) is 11.3 Å². The van der Waals surface area contributed by atoms with Crippen LogP contribution in [-0.4, -0.2) is 46.7 Å². The molecule has 0 amide bonds. The molecule has 2 heterocycles. The monoisotopic (exact) mass is 270 g/mol. The zero-order valence-corrected chi connectivity index (χ0v) is 11.7. The molecule has 18 heavy (non-hydrogen) atoms. The van der Waals surface area contributed by atoms with Crippen molar-refractivity contribution in [3.8, 4) is 0 Å². The molecule has 5 nitrogen and oxygen atoms in total. The summed E-state index contributed by atoms with van der Waals surface area (Å²) in [5.41, 5.74) is 0.153. The van der Waals surface area contributed by atoms with Crippen LogP contribution in [0.5, 0.6) is 0 Å². The summed E-state index contributed by atoms with van der Waals surface area (Å²) in [6.45, 7) is 8.46. The van der Waals surface area contributed by atoms with Gasteiger partial charge in [0.15, 0.2) is 5.69 Å². The van der Waals surface area contributed by atoms with Crippen LogP contribution >= 0.6 is 11.3 Å². The van der Waals surface area contributed by atoms with Gasteiger partial charge < -0.3 is 9.84 Å². The lowest BCUT2D eigenvalue weighted by atomic mass is 10.2. The molecule has 0 saturated carbocycles. The summed E-state index contributed by atoms with van der Waals surface area (Å²) in [5, 5.41) is 9.78. The Kier molecular flexibility index (Phi) is 3.99. The number of carboxylic acid groups (broad SMARTS) is 1. The highest BCUT2D eigenvalue weighted by Gasteiger charge is 2.27. The summed E-state index contributed by atoms with van der Waals surface area (Å²) in [5.74, 6) is -0.966. The van der Waals surface area contributed by atoms with Gasteiger partial charge in [0, 0.05) is 24.0 Å². The number of aromatic carboxylic acids is 1. The minimum Gasteiger partial charge on any atom is -0.476 e. The van der Waals surface area contributed by atoms with Crippen molar-refractivity contribution in [1.29, 1.82) is 0 Å². The van der Waals surface area contributed by atoms with Crippen LogP contribution in [0.3, 0.4) is 0 Å². The molecule has 1 aliphatic rings. The lowest BCUT2D eigenvalue weighted by Crippen LogP contribution is -2.42. The Bertz CT molecular complexity index is 445. The number of carbonyl (C=O) groups is 1. The van der Waals surface area contributed by atoms with Crippen LogP contribution in [0.4, 0.5) is 0 Å². The third kappa shape index (κ3) is 2.71. The summed E-state index contributed by atoms with van der Waals surface area (Å²) in [7, 11) is 0. The van der Waals surface area contributed by atoms with Crippen LogP contribution in [0.2, 0.25) is 0 Å². The highest BCUT2D eigenvalue weighted by atomic mass is 32.1. The number of ether oxygens (including phenoxy) is 1. The van der Waals surface area contributed by atoms with E-state index in [0.29, 0.717) is 12.6 Å². The van der Waals surface area contributed by atoms with Gasteiger partial charge in [-0.05, 0) is 20.8 Å². The highest BCUT2D eigenvalue weighted by Crippen LogP contribution is 2.28. The van der Waals surface area contributed by atoms with E-state index < -0.39 is 5.97 Å². The number of carboxylic acids is 1. The molecule has 1 N–H and O–H groups in total. The van der Waals surface area contributed by atoms with Crippen molar-refractivity contribution in [3.63, 3.8) is 0 Å². The molecule has 6 heteroatoms. The van der Waals surface area contributed by atoms with E-state index in [4.69, 9.17) is 9.84 Å². The van der Waals surface area contributed by atoms with Crippen molar-refractivity contribution in [2.75, 3.05) is 19.7 Å². The van der Waals surface area contributed by atoms with Crippen molar-refractivity contribution in [2.24, 2.45) is 0 Å². The number of nitrogens with zero attached hydrogens (tertiary/aromatic N) is 2. The van der Waals surface area contributed by atoms with E-state index in [2.05, 4.69) is 23.7 Å². The molecule has 1 saturated heterocycles. The molecule has 2 rings (SSSR count). The first kappa shape index (κ1) is 13.5. The molecule has 1 aromatic rings. The predicted molar refractivity (Wildman–Crippen MR) is 69.2 cm³/mol. The Morgan fingerprint density at radius 3 is 2.89 bits per heavy atom. The summed E-state index contributed by atoms with van der Waals surface area (Å²) in [6.07, 6.45) is -0.0991. The average molecular weight is 270 g/mol. The number of hydrogen-bond acceptors (Lipinski definition) is 5. The van der Waals surface area contributed by atoms with Crippen LogP contribution < -0.4 is 0 Å². The molecular formula is C12H18N2O3S. The van der Waals surface area contributed by atoms with Crippen LogP contribution in [-0.2, 0) is 4.74 Å². The standard InChI is InChI=1S/C12H18N2O3S/c1-7(2)14-4-5-17-9(6-14)11-13-10(12(15)16)8(3)18-11/h7,9H,4-6H2,1-3H3,(H,15,16). The topological polar surface area (TPSA) is 62.7 Å². The van der Waals surface area contributed by atoms with E-state index in [1.165, 1.54) is 11.3 Å². The number of aryl methyl sites for hydroxylation is 1. The quantitative estimate of drug-likeness (QED) is 0.909. The molecule has 1 aliphatic heterocycles. The van der Waals surface area contributed by atoms with Crippen molar-refractivity contribution < 1.29 is 14.6 Å². The molecule has 0 bridgehead atoms. The van der Waals surface area contributed by atoms with Gasteiger partial charge in [-0.2, -0.15) is 0 Å². The van der Waals surface area contributed by atoms with E-state index in [-0.39, 0.29) is 11.8 Å². The molecule has 100 valence electrons. The van der Waals surface area contributed by atoms with Crippen molar-refractivity contribution in [3.05, 3.63) is 15.6 Å². The Balaban J connectivity index is 2.16. The predicted octanol–water partition coefficient (Wildman–Crippen LogP) is 1.93. The van der Waals surface area contributed by atoms with Gasteiger partial charge in [0.25, 0.3) is 0 Å². The fourth-order valence-electron chi connectivity index (χ4n) is 2.04. The largest absolute Gasteiger partial charge is 0.476 e. The third-order valence-electron chi connectivity index (χ3n) is 3.12. The summed E-state index contributed by atoms with van der Waals surface area (Å²) >= 11 is 1.42. The number of aromatic nitrogens is 1. The second kappa shape index (κ2) is 5.34. The number of rotatable bonds is 3. The minimum absolute atomic E-state index is 0.0991. The van der Waals surface area contributed by atoms with E-state index >= 15 is 0 Å². The first-order valence-electron chi connectivity index (χ1n) is 6.05. The van der Waals surface area contributed by atoms with Crippen LogP contribution in [0.25, 0.3) is 0 Å². The van der Waals surface area contributed by atoms with Gasteiger partial charge in [-0.3, -0.25) is 4.90 Å². The van der Waals surface area contributed by atoms with Crippen LogP contribution in [0.1, 0.15) is 40.3 Å². The lowest BCUT2D eigenvalue weighted by Gasteiger charge is -2.34. The van der Waals surface area contributed by atoms with Crippen molar-refractivity contribution in [2.45, 2.75) is 32.9 Å². The molecule has 1 unspecified atom stereocenters. The average Bonchev–Trinajstić information content (AvgIpc) is 2.71. The smallest absolute Gasteiger partial charge is 0.355 e. The summed E-state index contributed by atoms with van der Waals surface area (Å²) in [4.78, 5) is 18.2. The van der Waals surface area contributed by atoms with Gasteiger partial charge in [0.2, 0.25) is 0 Å². The molecule has 1 fully saturated rings. The maximum Gasteiger partial charge on any atom is 0.355 e. The fourth-order valence-corrected chi connectivity index (χ4v) is 2.99. The Morgan fingerprint density at radius 1 is 1.61 bits per heavy atom. The Labute approximate surface area is 110 Å². The number of thiazole rings is 1. The van der Waals surface area contributed by atoms with E-state index in [1.54, 1.807) is 6.92 Å². The van der Waals surface area contributed by atoms with Gasteiger partial charge in [-0.1, -0.05) is 0 Å². The molecule has 0 radical (unpaired) electrons. The van der Waals surface area contributed by atoms with Gasteiger partial charge >= 0.3 is 5.97 Å². The highest BCUT2D eigenvalue weighted by molar-refractivity contribution is 7.11. The minimum atomic E-state index is -0.966. The second-order valence-electron chi connectivity index (χ2n) is 4.71. The fraction of sp³-hybridized carbons (Fsp3) is 0.667. The summed E-state index contributed by atoms with van der Waals surface area (Å²) in [6, 6.07) is 0.469. The lowest BCUT2D eigenvalue weighted by molar-refractivity contribution is -0.0403. The maximum atomic E-state index is 11.0. The van der Waals surface area contributed by atoms with Gasteiger partial charge in [0.1, 0.15) is 11.1 Å². The molecule has 0 aromatic carbocycles. The number of morpholine rings is 1. The second-order valence-corrected chi connectivity index (χ2v) is 5.94. The van der Waals surface area contributed by atoms with Crippen molar-refractivity contribution >= 4 is 17.3 Å². The summed E-state index contributed by atoms with van der Waals surface area (Å²) < 4.78 is 5.71. The van der Waals surface area contributed by atoms with Crippen LogP contribution in [0.15, 0.2) is 0 Å². The van der Waals surface area contributed by atoms with E-state index in [9.17, 15) is 4.79 Å². The molecule has 1 atom stereocenters. The van der Waals surface area contributed by atoms with E-state index in [0.717, 1.165) is 23.0 Å². The van der Waals surface area contributed by atoms with E-state index in [1.807, 2.05) is 0 Å². The third-order valence-corrected chi connectivity index (χ3v) is 4.18. The Morgan fingerprint density at radius 2 is 2.33 bits per heavy atom. The Hall–Kier alpha value is -0.980. The first-order chi connectivity index (χ1) is 8.49. The molecule has 0 aliphatic carbocycles. The SMILES string of the molecule is Cc1sc(C2CN(C(C)C)CCO2)nc1C(=O)O. The van der Waals surface area contributed by atoms with Gasteiger partial charge in [-0.25, -0.2) is 9.78 Å². The molecule has 1 aromatic heterocycles. The maximum absolute atomic E-state index is 11.0. The zero-order chi connectivity index (χ0) is 13.3. The zero-order valence-electron chi connectivity index (χ0n) is 10.8. The van der Waals surface area contributed by atoms with Crippen LogP contribution in [0, 0.1) is 6.92 Å². The molecular weight excluding hydrogens is 252 g/mol. The molecule has 0 spiro atoms. The number of hydrogen-bond donors (Lipinski definition) is 1. The first-order valence-corrected chi connectivity index (χ1v) is 6.87.